The van der Waals surface area contributed by atoms with Crippen molar-refractivity contribution in [3.8, 4) is 0 Å². The molecule has 5 heteroatoms. The molecule has 0 aliphatic heterocycles. The number of anilines is 1. The Morgan fingerprint density at radius 1 is 1.33 bits per heavy atom. The van der Waals surface area contributed by atoms with Crippen LogP contribution in [0.25, 0.3) is 0 Å². The van der Waals surface area contributed by atoms with Gasteiger partial charge in [0.25, 0.3) is 0 Å². The first-order valence-corrected chi connectivity index (χ1v) is 5.95. The molecule has 0 bridgehead atoms. The maximum atomic E-state index is 5.55. The van der Waals surface area contributed by atoms with Gasteiger partial charge in [0.15, 0.2) is 5.13 Å². The van der Waals surface area contributed by atoms with E-state index in [0.29, 0.717) is 6.54 Å². The lowest BCUT2D eigenvalue weighted by Gasteiger charge is -2.17. The molecular formula is C10H20N4S. The van der Waals surface area contributed by atoms with Gasteiger partial charge in [-0.05, 0) is 27.1 Å². The topological polar surface area (TPSA) is 45.4 Å². The van der Waals surface area contributed by atoms with E-state index in [-0.39, 0.29) is 0 Å². The summed E-state index contributed by atoms with van der Waals surface area (Å²) < 4.78 is 0. The molecule has 2 N–H and O–H groups in total. The highest BCUT2D eigenvalue weighted by Gasteiger charge is 2.05. The van der Waals surface area contributed by atoms with Gasteiger partial charge in [0.2, 0.25) is 0 Å². The van der Waals surface area contributed by atoms with Crippen LogP contribution in [0.1, 0.15) is 11.3 Å². The zero-order chi connectivity index (χ0) is 11.3. The Morgan fingerprint density at radius 2 is 2.07 bits per heavy atom. The van der Waals surface area contributed by atoms with Crippen LogP contribution in [0.5, 0.6) is 0 Å². The van der Waals surface area contributed by atoms with E-state index in [1.165, 1.54) is 0 Å². The Morgan fingerprint density at radius 3 is 2.60 bits per heavy atom. The third-order valence-electron chi connectivity index (χ3n) is 2.17. The summed E-state index contributed by atoms with van der Waals surface area (Å²) in [6.07, 6.45) is 3.02. The van der Waals surface area contributed by atoms with Gasteiger partial charge >= 0.3 is 0 Å². The summed E-state index contributed by atoms with van der Waals surface area (Å²) in [7, 11) is 6.26. The highest BCUT2D eigenvalue weighted by molar-refractivity contribution is 7.15. The summed E-state index contributed by atoms with van der Waals surface area (Å²) in [5.41, 5.74) is 5.55. The van der Waals surface area contributed by atoms with Gasteiger partial charge in [0.05, 0.1) is 0 Å². The maximum absolute atomic E-state index is 5.55. The molecule has 15 heavy (non-hydrogen) atoms. The van der Waals surface area contributed by atoms with Crippen molar-refractivity contribution in [1.29, 1.82) is 0 Å². The Labute approximate surface area is 95.7 Å². The summed E-state index contributed by atoms with van der Waals surface area (Å²) in [5, 5.41) is 1.06. The minimum absolute atomic E-state index is 0.587. The van der Waals surface area contributed by atoms with E-state index >= 15 is 0 Å². The van der Waals surface area contributed by atoms with E-state index in [9.17, 15) is 0 Å². The second-order valence-electron chi connectivity index (χ2n) is 3.89. The lowest BCUT2D eigenvalue weighted by molar-refractivity contribution is 0.401. The Bertz CT molecular complexity index is 285. The molecule has 0 saturated carbocycles. The fourth-order valence-corrected chi connectivity index (χ4v) is 2.06. The second-order valence-corrected chi connectivity index (χ2v) is 4.99. The van der Waals surface area contributed by atoms with Gasteiger partial charge in [-0.3, -0.25) is 0 Å². The summed E-state index contributed by atoms with van der Waals surface area (Å²) in [5.74, 6) is 0. The molecule has 0 aliphatic rings. The third kappa shape index (κ3) is 4.15. The van der Waals surface area contributed by atoms with E-state index in [2.05, 4.69) is 35.9 Å². The SMILES string of the molecule is CN(C)CCCN(C)c1ncc(CN)s1. The molecule has 0 aliphatic carbocycles. The zero-order valence-corrected chi connectivity index (χ0v) is 10.5. The maximum Gasteiger partial charge on any atom is 0.185 e. The number of hydrogen-bond donors (Lipinski definition) is 1. The summed E-state index contributed by atoms with van der Waals surface area (Å²) >= 11 is 1.68. The molecule has 1 heterocycles. The van der Waals surface area contributed by atoms with E-state index in [0.717, 1.165) is 29.5 Å². The molecule has 0 amide bonds. The average molecular weight is 228 g/mol. The highest BCUT2D eigenvalue weighted by atomic mass is 32.1. The van der Waals surface area contributed by atoms with E-state index in [4.69, 9.17) is 5.73 Å². The van der Waals surface area contributed by atoms with Crippen LogP contribution >= 0.6 is 11.3 Å². The van der Waals surface area contributed by atoms with Crippen molar-refractivity contribution in [3.05, 3.63) is 11.1 Å². The van der Waals surface area contributed by atoms with Crippen LogP contribution in [0.15, 0.2) is 6.20 Å². The number of rotatable bonds is 6. The molecular weight excluding hydrogens is 208 g/mol. The minimum atomic E-state index is 0.587. The van der Waals surface area contributed by atoms with E-state index in [1.807, 2.05) is 6.20 Å². The molecule has 1 rings (SSSR count). The van der Waals surface area contributed by atoms with Crippen molar-refractivity contribution >= 4 is 16.5 Å². The molecule has 0 aromatic carbocycles. The van der Waals surface area contributed by atoms with Crippen LogP contribution in [-0.4, -0.2) is 44.1 Å². The minimum Gasteiger partial charge on any atom is -0.351 e. The third-order valence-corrected chi connectivity index (χ3v) is 3.30. The number of aromatic nitrogens is 1. The lowest BCUT2D eigenvalue weighted by atomic mass is 10.4. The lowest BCUT2D eigenvalue weighted by Crippen LogP contribution is -2.23. The fourth-order valence-electron chi connectivity index (χ4n) is 1.29. The van der Waals surface area contributed by atoms with Crippen LogP contribution in [0.4, 0.5) is 5.13 Å². The molecule has 0 unspecified atom stereocenters. The smallest absolute Gasteiger partial charge is 0.185 e. The Balaban J connectivity index is 2.36. The van der Waals surface area contributed by atoms with E-state index in [1.54, 1.807) is 11.3 Å². The molecule has 1 aromatic rings. The van der Waals surface area contributed by atoms with Gasteiger partial charge in [-0.1, -0.05) is 0 Å². The average Bonchev–Trinajstić information content (AvgIpc) is 2.65. The predicted molar refractivity (Wildman–Crippen MR) is 66.4 cm³/mol. The normalized spacial score (nSPS) is 11.0. The van der Waals surface area contributed by atoms with Crippen molar-refractivity contribution in [1.82, 2.24) is 9.88 Å². The Kier molecular flexibility index (Phi) is 5.01. The van der Waals surface area contributed by atoms with Gasteiger partial charge in [-0.2, -0.15) is 0 Å². The monoisotopic (exact) mass is 228 g/mol. The van der Waals surface area contributed by atoms with Gasteiger partial charge in [-0.15, -0.1) is 11.3 Å². The van der Waals surface area contributed by atoms with Crippen molar-refractivity contribution in [2.24, 2.45) is 5.73 Å². The first-order chi connectivity index (χ1) is 7.13. The largest absolute Gasteiger partial charge is 0.351 e. The molecule has 0 saturated heterocycles. The standard InChI is InChI=1S/C10H20N4S/c1-13(2)5-4-6-14(3)10-12-8-9(7-11)15-10/h8H,4-7,11H2,1-3H3. The van der Waals surface area contributed by atoms with Gasteiger partial charge in [-0.25, -0.2) is 4.98 Å². The molecule has 0 atom stereocenters. The molecule has 86 valence electrons. The fraction of sp³-hybridized carbons (Fsp3) is 0.700. The van der Waals surface area contributed by atoms with Crippen LogP contribution < -0.4 is 10.6 Å². The zero-order valence-electron chi connectivity index (χ0n) is 9.73. The highest BCUT2D eigenvalue weighted by Crippen LogP contribution is 2.20. The number of nitrogens with two attached hydrogens (primary N) is 1. The van der Waals surface area contributed by atoms with Crippen molar-refractivity contribution in [2.45, 2.75) is 13.0 Å². The number of hydrogen-bond acceptors (Lipinski definition) is 5. The van der Waals surface area contributed by atoms with Gasteiger partial charge in [0.1, 0.15) is 0 Å². The summed E-state index contributed by atoms with van der Waals surface area (Å²) in [4.78, 5) is 9.86. The number of nitrogens with zero attached hydrogens (tertiary/aromatic N) is 3. The first-order valence-electron chi connectivity index (χ1n) is 5.14. The van der Waals surface area contributed by atoms with Crippen molar-refractivity contribution < 1.29 is 0 Å². The quantitative estimate of drug-likeness (QED) is 0.788. The first kappa shape index (κ1) is 12.4. The van der Waals surface area contributed by atoms with Crippen molar-refractivity contribution in [3.63, 3.8) is 0 Å². The molecule has 4 nitrogen and oxygen atoms in total. The number of thiazole rings is 1. The molecule has 0 radical (unpaired) electrons. The van der Waals surface area contributed by atoms with E-state index < -0.39 is 0 Å². The van der Waals surface area contributed by atoms with Gasteiger partial charge in [0, 0.05) is 31.2 Å². The summed E-state index contributed by atoms with van der Waals surface area (Å²) in [6.45, 7) is 2.73. The second kappa shape index (κ2) is 6.05. The van der Waals surface area contributed by atoms with Gasteiger partial charge < -0.3 is 15.5 Å². The van der Waals surface area contributed by atoms with Crippen LogP contribution in [0.3, 0.4) is 0 Å². The van der Waals surface area contributed by atoms with Crippen LogP contribution in [0.2, 0.25) is 0 Å². The summed E-state index contributed by atoms with van der Waals surface area (Å²) in [6, 6.07) is 0. The van der Waals surface area contributed by atoms with Crippen LogP contribution in [-0.2, 0) is 6.54 Å². The molecule has 0 spiro atoms. The predicted octanol–water partition coefficient (Wildman–Crippen LogP) is 0.990. The molecule has 1 aromatic heterocycles. The Hall–Kier alpha value is -0.650. The van der Waals surface area contributed by atoms with Crippen LogP contribution in [0, 0.1) is 0 Å². The van der Waals surface area contributed by atoms with Crippen molar-refractivity contribution in [2.75, 3.05) is 39.1 Å². The molecule has 0 fully saturated rings.